The average Bonchev–Trinajstić information content (AvgIpc) is 2.83. The molecule has 4 nitrogen and oxygen atoms in total. The van der Waals surface area contributed by atoms with Crippen LogP contribution in [0.1, 0.15) is 22.3 Å². The van der Waals surface area contributed by atoms with E-state index in [9.17, 15) is 10.2 Å². The predicted octanol–water partition coefficient (Wildman–Crippen LogP) is 9.24. The standard InChI is InChI=1S/C27H18Br4N2O2/c28-20-10-18(26(34)24(30)12-20)14-32-22-5-1-16(2-6-22)9-17-3-7-23(8-4-17)33-15-19-11-21(29)13-25(31)27(19)35/h1-8,10-15,34-35H,9H2. The lowest BCUT2D eigenvalue weighted by Crippen LogP contribution is -1.88. The molecule has 0 saturated heterocycles. The molecule has 0 amide bonds. The van der Waals surface area contributed by atoms with Crippen molar-refractivity contribution in [1.29, 1.82) is 0 Å². The van der Waals surface area contributed by atoms with E-state index in [1.54, 1.807) is 24.6 Å². The van der Waals surface area contributed by atoms with Crippen molar-refractivity contribution in [2.24, 2.45) is 9.98 Å². The second-order valence-corrected chi connectivity index (χ2v) is 11.2. The maximum absolute atomic E-state index is 10.2. The van der Waals surface area contributed by atoms with Crippen LogP contribution in [0.5, 0.6) is 11.5 Å². The van der Waals surface area contributed by atoms with E-state index in [1.807, 2.05) is 60.7 Å². The van der Waals surface area contributed by atoms with E-state index >= 15 is 0 Å². The molecule has 4 rings (SSSR count). The van der Waals surface area contributed by atoms with Gasteiger partial charge in [-0.2, -0.15) is 0 Å². The van der Waals surface area contributed by atoms with Crippen LogP contribution in [-0.4, -0.2) is 22.6 Å². The van der Waals surface area contributed by atoms with Crippen LogP contribution in [0.2, 0.25) is 0 Å². The zero-order valence-corrected chi connectivity index (χ0v) is 24.4. The van der Waals surface area contributed by atoms with Crippen molar-refractivity contribution in [3.8, 4) is 11.5 Å². The number of hydrogen-bond acceptors (Lipinski definition) is 4. The molecule has 0 aliphatic heterocycles. The molecule has 0 radical (unpaired) electrons. The minimum absolute atomic E-state index is 0.155. The van der Waals surface area contributed by atoms with Crippen molar-refractivity contribution < 1.29 is 10.2 Å². The Kier molecular flexibility index (Phi) is 8.59. The molecule has 35 heavy (non-hydrogen) atoms. The zero-order valence-electron chi connectivity index (χ0n) is 18.1. The topological polar surface area (TPSA) is 65.2 Å². The Hall–Kier alpha value is -2.26. The van der Waals surface area contributed by atoms with Crippen LogP contribution in [0, 0.1) is 0 Å². The number of aliphatic imine (C=N–C) groups is 2. The lowest BCUT2D eigenvalue weighted by atomic mass is 10.0. The molecule has 0 aliphatic rings. The van der Waals surface area contributed by atoms with Crippen LogP contribution in [0.15, 0.2) is 101 Å². The summed E-state index contributed by atoms with van der Waals surface area (Å²) in [6.07, 6.45) is 4.07. The molecule has 2 N–H and O–H groups in total. The SMILES string of the molecule is Oc1c(Br)cc(Br)cc1C=Nc1ccc(Cc2ccc(N=Cc3cc(Br)cc(Br)c3O)cc2)cc1. The highest BCUT2D eigenvalue weighted by molar-refractivity contribution is 9.11. The summed E-state index contributed by atoms with van der Waals surface area (Å²) in [6, 6.07) is 23.2. The normalized spacial score (nSPS) is 11.5. The number of benzene rings is 4. The molecule has 176 valence electrons. The second-order valence-electron chi connectivity index (χ2n) is 7.68. The minimum Gasteiger partial charge on any atom is -0.506 e. The molecular weight excluding hydrogens is 704 g/mol. The molecule has 8 heteroatoms. The van der Waals surface area contributed by atoms with Crippen molar-refractivity contribution in [3.05, 3.63) is 113 Å². The van der Waals surface area contributed by atoms with Gasteiger partial charge in [-0.1, -0.05) is 56.1 Å². The third kappa shape index (κ3) is 6.91. The first-order valence-corrected chi connectivity index (χ1v) is 13.6. The Morgan fingerprint density at radius 2 is 0.943 bits per heavy atom. The van der Waals surface area contributed by atoms with Crippen LogP contribution in [0.3, 0.4) is 0 Å². The van der Waals surface area contributed by atoms with Crippen LogP contribution >= 0.6 is 63.7 Å². The lowest BCUT2D eigenvalue weighted by Gasteiger charge is -2.05. The molecule has 0 bridgehead atoms. The van der Waals surface area contributed by atoms with Gasteiger partial charge in [-0.25, -0.2) is 0 Å². The summed E-state index contributed by atoms with van der Waals surface area (Å²) in [5.74, 6) is 0.310. The number of rotatable bonds is 6. The van der Waals surface area contributed by atoms with E-state index in [0.717, 1.165) is 37.9 Å². The first-order chi connectivity index (χ1) is 16.8. The van der Waals surface area contributed by atoms with Crippen LogP contribution in [0.4, 0.5) is 11.4 Å². The summed E-state index contributed by atoms with van der Waals surface area (Å²) in [4.78, 5) is 8.95. The third-order valence-corrected chi connectivity index (χ3v) is 7.23. The first-order valence-electron chi connectivity index (χ1n) is 10.4. The number of hydrogen-bond donors (Lipinski definition) is 2. The van der Waals surface area contributed by atoms with Crippen molar-refractivity contribution in [1.82, 2.24) is 0 Å². The van der Waals surface area contributed by atoms with Gasteiger partial charge in [0.1, 0.15) is 11.5 Å². The summed E-state index contributed by atoms with van der Waals surface area (Å²) in [7, 11) is 0. The fraction of sp³-hybridized carbons (Fsp3) is 0.0370. The van der Waals surface area contributed by atoms with Crippen molar-refractivity contribution in [3.63, 3.8) is 0 Å². The van der Waals surface area contributed by atoms with E-state index in [0.29, 0.717) is 20.1 Å². The van der Waals surface area contributed by atoms with Gasteiger partial charge in [-0.15, -0.1) is 0 Å². The van der Waals surface area contributed by atoms with Gasteiger partial charge >= 0.3 is 0 Å². The Balaban J connectivity index is 1.40. The monoisotopic (exact) mass is 718 g/mol. The van der Waals surface area contributed by atoms with Gasteiger partial charge in [-0.3, -0.25) is 9.98 Å². The van der Waals surface area contributed by atoms with Gasteiger partial charge < -0.3 is 10.2 Å². The molecule has 0 saturated carbocycles. The Morgan fingerprint density at radius 1 is 0.571 bits per heavy atom. The molecular formula is C27H18Br4N2O2. The fourth-order valence-electron chi connectivity index (χ4n) is 3.29. The van der Waals surface area contributed by atoms with E-state index in [-0.39, 0.29) is 11.5 Å². The van der Waals surface area contributed by atoms with Gasteiger partial charge in [0.25, 0.3) is 0 Å². The third-order valence-electron chi connectivity index (χ3n) is 5.10. The predicted molar refractivity (Wildman–Crippen MR) is 157 cm³/mol. The van der Waals surface area contributed by atoms with E-state index in [1.165, 1.54) is 0 Å². The zero-order chi connectivity index (χ0) is 24.9. The number of phenols is 2. The highest BCUT2D eigenvalue weighted by Gasteiger charge is 2.06. The molecule has 0 aromatic heterocycles. The quantitative estimate of drug-likeness (QED) is 0.195. The van der Waals surface area contributed by atoms with Crippen LogP contribution < -0.4 is 0 Å². The van der Waals surface area contributed by atoms with Gasteiger partial charge in [0.05, 0.1) is 20.3 Å². The summed E-state index contributed by atoms with van der Waals surface area (Å²) >= 11 is 13.5. The number of halogens is 4. The Morgan fingerprint density at radius 3 is 1.31 bits per heavy atom. The number of nitrogens with zero attached hydrogens (tertiary/aromatic N) is 2. The molecule has 0 fully saturated rings. The molecule has 0 heterocycles. The Bertz CT molecular complexity index is 1310. The molecule has 0 unspecified atom stereocenters. The minimum atomic E-state index is 0.155. The van der Waals surface area contributed by atoms with Gasteiger partial charge in [0, 0.05) is 32.5 Å². The van der Waals surface area contributed by atoms with Crippen molar-refractivity contribution in [2.75, 3.05) is 0 Å². The first kappa shape index (κ1) is 25.8. The highest BCUT2D eigenvalue weighted by atomic mass is 79.9. The summed E-state index contributed by atoms with van der Waals surface area (Å²) in [5.41, 5.74) is 5.18. The fourth-order valence-corrected chi connectivity index (χ4v) is 5.81. The molecule has 0 spiro atoms. The maximum atomic E-state index is 10.2. The van der Waals surface area contributed by atoms with Crippen molar-refractivity contribution >= 4 is 87.5 Å². The average molecular weight is 722 g/mol. The van der Waals surface area contributed by atoms with Gasteiger partial charge in [0.2, 0.25) is 0 Å². The summed E-state index contributed by atoms with van der Waals surface area (Å²) < 4.78 is 2.93. The summed E-state index contributed by atoms with van der Waals surface area (Å²) in [6.45, 7) is 0. The molecule has 0 aliphatic carbocycles. The lowest BCUT2D eigenvalue weighted by molar-refractivity contribution is 0.470. The van der Waals surface area contributed by atoms with E-state index in [2.05, 4.69) is 73.7 Å². The van der Waals surface area contributed by atoms with E-state index in [4.69, 9.17) is 0 Å². The molecule has 4 aromatic carbocycles. The van der Waals surface area contributed by atoms with Crippen LogP contribution in [0.25, 0.3) is 0 Å². The van der Waals surface area contributed by atoms with Crippen molar-refractivity contribution in [2.45, 2.75) is 6.42 Å². The molecule has 4 aromatic rings. The second kappa shape index (κ2) is 11.6. The largest absolute Gasteiger partial charge is 0.506 e. The maximum Gasteiger partial charge on any atom is 0.138 e. The van der Waals surface area contributed by atoms with Gasteiger partial charge in [-0.05, 0) is 97.9 Å². The highest BCUT2D eigenvalue weighted by Crippen LogP contribution is 2.32. The van der Waals surface area contributed by atoms with Crippen LogP contribution in [-0.2, 0) is 6.42 Å². The van der Waals surface area contributed by atoms with Gasteiger partial charge in [0.15, 0.2) is 0 Å². The molecule has 0 atom stereocenters. The smallest absolute Gasteiger partial charge is 0.138 e. The summed E-state index contributed by atoms with van der Waals surface area (Å²) in [5, 5.41) is 20.3. The number of phenolic OH excluding ortho intramolecular Hbond substituents is 2. The van der Waals surface area contributed by atoms with E-state index < -0.39 is 0 Å². The number of aromatic hydroxyl groups is 2. The Labute approximate surface area is 237 Å².